The Balaban J connectivity index is 2.56. The average Bonchev–Trinajstić information content (AvgIpc) is 2.75. The van der Waals surface area contributed by atoms with Crippen molar-refractivity contribution in [2.24, 2.45) is 11.7 Å². The van der Waals surface area contributed by atoms with Crippen LogP contribution in [-0.4, -0.2) is 9.55 Å². The van der Waals surface area contributed by atoms with Gasteiger partial charge in [0.25, 0.3) is 0 Å². The third kappa shape index (κ3) is 3.29. The van der Waals surface area contributed by atoms with E-state index >= 15 is 0 Å². The van der Waals surface area contributed by atoms with Crippen LogP contribution in [0, 0.1) is 5.92 Å². The number of aromatic nitrogens is 2. The van der Waals surface area contributed by atoms with E-state index < -0.39 is 0 Å². The van der Waals surface area contributed by atoms with Gasteiger partial charge in [0.1, 0.15) is 5.82 Å². The van der Waals surface area contributed by atoms with Crippen molar-refractivity contribution in [3.63, 3.8) is 0 Å². The highest BCUT2D eigenvalue weighted by Crippen LogP contribution is 2.29. The molecule has 1 aromatic carbocycles. The van der Waals surface area contributed by atoms with Crippen LogP contribution < -0.4 is 5.73 Å². The van der Waals surface area contributed by atoms with Gasteiger partial charge in [-0.3, -0.25) is 0 Å². The van der Waals surface area contributed by atoms with Gasteiger partial charge in [0.15, 0.2) is 0 Å². The summed E-state index contributed by atoms with van der Waals surface area (Å²) in [5, 5.41) is 0. The summed E-state index contributed by atoms with van der Waals surface area (Å²) in [5.74, 6) is 2.12. The molecule has 21 heavy (non-hydrogen) atoms. The molecule has 1 heterocycles. The van der Waals surface area contributed by atoms with E-state index in [2.05, 4.69) is 64.3 Å². The molecule has 0 radical (unpaired) electrons. The maximum absolute atomic E-state index is 6.41. The molecule has 1 atom stereocenters. The number of fused-ring (bicyclic) bond motifs is 1. The molecule has 0 aliphatic rings. The molecular formula is C18H29N3. The zero-order chi connectivity index (χ0) is 15.7. The Labute approximate surface area is 128 Å². The third-order valence-corrected chi connectivity index (χ3v) is 3.98. The van der Waals surface area contributed by atoms with Gasteiger partial charge in [0.2, 0.25) is 0 Å². The highest BCUT2D eigenvalue weighted by atomic mass is 15.1. The summed E-state index contributed by atoms with van der Waals surface area (Å²) in [4.78, 5) is 4.87. The van der Waals surface area contributed by atoms with E-state index in [1.165, 1.54) is 11.1 Å². The first-order valence-corrected chi connectivity index (χ1v) is 8.08. The van der Waals surface area contributed by atoms with Gasteiger partial charge in [-0.25, -0.2) is 4.98 Å². The number of rotatable bonds is 5. The smallest absolute Gasteiger partial charge is 0.127 e. The average molecular weight is 287 g/mol. The quantitative estimate of drug-likeness (QED) is 0.859. The number of hydrogen-bond acceptors (Lipinski definition) is 2. The highest BCUT2D eigenvalue weighted by Gasteiger charge is 2.20. The number of nitrogens with zero attached hydrogens (tertiary/aromatic N) is 2. The second-order valence-corrected chi connectivity index (χ2v) is 7.07. The van der Waals surface area contributed by atoms with Crippen LogP contribution in [0.4, 0.5) is 0 Å². The van der Waals surface area contributed by atoms with E-state index in [4.69, 9.17) is 10.7 Å². The normalized spacial score (nSPS) is 13.8. The van der Waals surface area contributed by atoms with Crippen molar-refractivity contribution in [2.75, 3.05) is 0 Å². The molecule has 3 nitrogen and oxygen atoms in total. The number of nitrogens with two attached hydrogens (primary N) is 1. The lowest BCUT2D eigenvalue weighted by atomic mass is 10.0. The van der Waals surface area contributed by atoms with Crippen molar-refractivity contribution < 1.29 is 0 Å². The summed E-state index contributed by atoms with van der Waals surface area (Å²) in [6, 6.07) is 6.99. The van der Waals surface area contributed by atoms with E-state index in [0.717, 1.165) is 17.8 Å². The molecule has 116 valence electrons. The van der Waals surface area contributed by atoms with E-state index in [0.29, 0.717) is 17.9 Å². The van der Waals surface area contributed by atoms with Gasteiger partial charge in [-0.15, -0.1) is 0 Å². The Bertz CT molecular complexity index is 608. The Kier molecular flexibility index (Phi) is 4.72. The molecular weight excluding hydrogens is 258 g/mol. The van der Waals surface area contributed by atoms with E-state index in [-0.39, 0.29) is 6.04 Å². The molecule has 0 bridgehead atoms. The first-order valence-electron chi connectivity index (χ1n) is 8.08. The minimum Gasteiger partial charge on any atom is -0.324 e. The minimum atomic E-state index is 0.00213. The Morgan fingerprint density at radius 2 is 1.76 bits per heavy atom. The maximum atomic E-state index is 6.41. The van der Waals surface area contributed by atoms with E-state index in [1.54, 1.807) is 0 Å². The number of benzene rings is 1. The predicted molar refractivity (Wildman–Crippen MR) is 90.6 cm³/mol. The lowest BCUT2D eigenvalue weighted by Gasteiger charge is -2.19. The summed E-state index contributed by atoms with van der Waals surface area (Å²) in [6.07, 6.45) is 0.965. The fourth-order valence-electron chi connectivity index (χ4n) is 2.91. The fraction of sp³-hybridized carbons (Fsp3) is 0.611. The molecule has 0 spiro atoms. The maximum Gasteiger partial charge on any atom is 0.127 e. The molecule has 1 unspecified atom stereocenters. The monoisotopic (exact) mass is 287 g/mol. The lowest BCUT2D eigenvalue weighted by Crippen LogP contribution is -2.19. The van der Waals surface area contributed by atoms with Gasteiger partial charge in [0, 0.05) is 6.04 Å². The standard InChI is InChI=1S/C18H29N3/c1-11(2)9-15(19)18-20-16-10-14(12(3)4)7-8-17(16)21(18)13(5)6/h7-8,10-13,15H,9,19H2,1-6H3. The first kappa shape index (κ1) is 16.0. The van der Waals surface area contributed by atoms with Gasteiger partial charge in [-0.05, 0) is 49.8 Å². The highest BCUT2D eigenvalue weighted by molar-refractivity contribution is 5.77. The van der Waals surface area contributed by atoms with Gasteiger partial charge in [-0.2, -0.15) is 0 Å². The van der Waals surface area contributed by atoms with Crippen molar-refractivity contribution in [3.8, 4) is 0 Å². The number of hydrogen-bond donors (Lipinski definition) is 1. The van der Waals surface area contributed by atoms with Crippen LogP contribution in [0.5, 0.6) is 0 Å². The molecule has 0 aliphatic carbocycles. The SMILES string of the molecule is CC(C)CC(N)c1nc2cc(C(C)C)ccc2n1C(C)C. The van der Waals surface area contributed by atoms with Crippen molar-refractivity contribution in [1.29, 1.82) is 0 Å². The Morgan fingerprint density at radius 3 is 2.29 bits per heavy atom. The molecule has 3 heteroatoms. The van der Waals surface area contributed by atoms with E-state index in [1.807, 2.05) is 0 Å². The summed E-state index contributed by atoms with van der Waals surface area (Å²) in [6.45, 7) is 13.2. The van der Waals surface area contributed by atoms with Crippen molar-refractivity contribution in [3.05, 3.63) is 29.6 Å². The molecule has 0 amide bonds. The molecule has 2 aromatic rings. The molecule has 1 aromatic heterocycles. The fourth-order valence-corrected chi connectivity index (χ4v) is 2.91. The molecule has 2 N–H and O–H groups in total. The molecule has 0 saturated carbocycles. The molecule has 2 rings (SSSR count). The largest absolute Gasteiger partial charge is 0.324 e. The number of imidazole rings is 1. The summed E-state index contributed by atoms with van der Waals surface area (Å²) in [5.41, 5.74) is 10.0. The van der Waals surface area contributed by atoms with Gasteiger partial charge >= 0.3 is 0 Å². The van der Waals surface area contributed by atoms with Gasteiger partial charge in [0.05, 0.1) is 17.1 Å². The van der Waals surface area contributed by atoms with Crippen LogP contribution in [0.1, 0.15) is 77.4 Å². The molecule has 0 saturated heterocycles. The van der Waals surface area contributed by atoms with Crippen LogP contribution in [-0.2, 0) is 0 Å². The second-order valence-electron chi connectivity index (χ2n) is 7.07. The summed E-state index contributed by atoms with van der Waals surface area (Å²) < 4.78 is 2.30. The van der Waals surface area contributed by atoms with Crippen LogP contribution in [0.2, 0.25) is 0 Å². The second kappa shape index (κ2) is 6.18. The zero-order valence-electron chi connectivity index (χ0n) is 14.2. The van der Waals surface area contributed by atoms with Crippen LogP contribution >= 0.6 is 0 Å². The van der Waals surface area contributed by atoms with E-state index in [9.17, 15) is 0 Å². The minimum absolute atomic E-state index is 0.00213. The zero-order valence-corrected chi connectivity index (χ0v) is 14.2. The summed E-state index contributed by atoms with van der Waals surface area (Å²) >= 11 is 0. The van der Waals surface area contributed by atoms with Crippen molar-refractivity contribution in [2.45, 2.75) is 66.0 Å². The first-order chi connectivity index (χ1) is 9.81. The lowest BCUT2D eigenvalue weighted by molar-refractivity contribution is 0.463. The third-order valence-electron chi connectivity index (χ3n) is 3.98. The van der Waals surface area contributed by atoms with Gasteiger partial charge in [-0.1, -0.05) is 33.8 Å². The predicted octanol–water partition coefficient (Wildman–Crippen LogP) is 4.79. The molecule has 0 aliphatic heterocycles. The van der Waals surface area contributed by atoms with Crippen molar-refractivity contribution in [1.82, 2.24) is 9.55 Å². The molecule has 0 fully saturated rings. The topological polar surface area (TPSA) is 43.8 Å². The van der Waals surface area contributed by atoms with Crippen molar-refractivity contribution >= 4 is 11.0 Å². The van der Waals surface area contributed by atoms with Crippen LogP contribution in [0.25, 0.3) is 11.0 Å². The van der Waals surface area contributed by atoms with Crippen LogP contribution in [0.15, 0.2) is 18.2 Å². The summed E-state index contributed by atoms with van der Waals surface area (Å²) in [7, 11) is 0. The van der Waals surface area contributed by atoms with Gasteiger partial charge < -0.3 is 10.3 Å². The Hall–Kier alpha value is -1.35. The van der Waals surface area contributed by atoms with Crippen LogP contribution in [0.3, 0.4) is 0 Å². The Morgan fingerprint density at radius 1 is 1.10 bits per heavy atom.